The van der Waals surface area contributed by atoms with Gasteiger partial charge in [-0.2, -0.15) is 0 Å². The number of nitrogens with zero attached hydrogens (tertiary/aromatic N) is 1. The zero-order valence-corrected chi connectivity index (χ0v) is 6.59. The summed E-state index contributed by atoms with van der Waals surface area (Å²) in [6.07, 6.45) is 3.06. The molecule has 0 fully saturated rings. The van der Waals surface area contributed by atoms with E-state index in [-0.39, 0.29) is 0 Å². The van der Waals surface area contributed by atoms with Crippen molar-refractivity contribution >= 4 is 5.69 Å². The summed E-state index contributed by atoms with van der Waals surface area (Å²) in [4.78, 5) is 3.22. The second kappa shape index (κ2) is 2.51. The molecule has 0 saturated heterocycles. The Morgan fingerprint density at radius 3 is 3.45 bits per heavy atom. The van der Waals surface area contributed by atoms with Crippen LogP contribution in [0.15, 0.2) is 18.3 Å². The predicted octanol–water partition coefficient (Wildman–Crippen LogP) is 0.315. The monoisotopic (exact) mass is 150 g/mol. The van der Waals surface area contributed by atoms with Gasteiger partial charge in [-0.3, -0.25) is 0 Å². The van der Waals surface area contributed by atoms with Gasteiger partial charge in [0.05, 0.1) is 0 Å². The lowest BCUT2D eigenvalue weighted by Crippen LogP contribution is -2.35. The van der Waals surface area contributed by atoms with Gasteiger partial charge in [-0.15, -0.1) is 0 Å². The molecular formula is C8H12N3+. The highest BCUT2D eigenvalue weighted by Gasteiger charge is 2.15. The number of hydrogen-bond donors (Lipinski definition) is 1. The van der Waals surface area contributed by atoms with Crippen LogP contribution in [-0.4, -0.2) is 18.6 Å². The summed E-state index contributed by atoms with van der Waals surface area (Å²) in [6.45, 7) is 1.06. The molecule has 0 saturated carbocycles. The molecule has 1 aromatic heterocycles. The van der Waals surface area contributed by atoms with Gasteiger partial charge in [-0.25, -0.2) is 9.99 Å². The van der Waals surface area contributed by atoms with Crippen molar-refractivity contribution in [2.24, 2.45) is 0 Å². The summed E-state index contributed by atoms with van der Waals surface area (Å²) in [5, 5.41) is 2.09. The molecular weight excluding hydrogens is 138 g/mol. The van der Waals surface area contributed by atoms with Crippen molar-refractivity contribution in [1.29, 1.82) is 0 Å². The van der Waals surface area contributed by atoms with Gasteiger partial charge in [0.1, 0.15) is 5.69 Å². The summed E-state index contributed by atoms with van der Waals surface area (Å²) in [7, 11) is 2.05. The second-order valence-corrected chi connectivity index (χ2v) is 2.85. The van der Waals surface area contributed by atoms with E-state index in [4.69, 9.17) is 0 Å². The largest absolute Gasteiger partial charge is 0.314 e. The molecule has 1 aromatic rings. The number of pyridine rings is 1. The van der Waals surface area contributed by atoms with Gasteiger partial charge in [0.2, 0.25) is 5.69 Å². The van der Waals surface area contributed by atoms with E-state index >= 15 is 0 Å². The van der Waals surface area contributed by atoms with E-state index in [1.807, 2.05) is 12.3 Å². The van der Waals surface area contributed by atoms with E-state index in [0.717, 1.165) is 13.0 Å². The van der Waals surface area contributed by atoms with E-state index in [0.29, 0.717) is 0 Å². The number of aromatic nitrogens is 1. The van der Waals surface area contributed by atoms with Crippen molar-refractivity contribution in [1.82, 2.24) is 5.01 Å². The Balaban J connectivity index is 2.34. The lowest BCUT2D eigenvalue weighted by Gasteiger charge is -2.23. The van der Waals surface area contributed by atoms with Crippen LogP contribution in [0, 0.1) is 0 Å². The van der Waals surface area contributed by atoms with Crippen molar-refractivity contribution in [2.45, 2.75) is 6.42 Å². The maximum Gasteiger partial charge on any atom is 0.205 e. The minimum Gasteiger partial charge on any atom is -0.314 e. The number of likely N-dealkylation sites (N-methyl/N-ethyl adjacent to an activating group) is 1. The Kier molecular flexibility index (Phi) is 1.51. The maximum absolute atomic E-state index is 3.26. The highest BCUT2D eigenvalue weighted by molar-refractivity contribution is 5.45. The van der Waals surface area contributed by atoms with Crippen LogP contribution in [0.4, 0.5) is 5.69 Å². The Labute approximate surface area is 66.0 Å². The number of hydrazine groups is 1. The minimum atomic E-state index is 1.06. The first-order valence-corrected chi connectivity index (χ1v) is 3.83. The summed E-state index contributed by atoms with van der Waals surface area (Å²) in [5.74, 6) is 0. The van der Waals surface area contributed by atoms with Crippen LogP contribution >= 0.6 is 0 Å². The number of anilines is 1. The number of fused-ring (bicyclic) bond motifs is 1. The van der Waals surface area contributed by atoms with Crippen LogP contribution in [0.3, 0.4) is 0 Å². The standard InChI is InChI=1S/C8H11N3/c1-11-6-4-7-8(10-11)3-2-5-9-7/h2-3,5,10H,4,6H2,1H3/p+1. The summed E-state index contributed by atoms with van der Waals surface area (Å²) in [5.41, 5.74) is 5.75. The van der Waals surface area contributed by atoms with Crippen LogP contribution in [0.1, 0.15) is 5.69 Å². The Bertz CT molecular complexity index is 259. The molecule has 0 atom stereocenters. The Hall–Kier alpha value is -1.09. The maximum atomic E-state index is 3.26. The van der Waals surface area contributed by atoms with Gasteiger partial charge < -0.3 is 5.43 Å². The SMILES string of the molecule is CN1CCc2[nH+]cccc2N1. The summed E-state index contributed by atoms with van der Waals surface area (Å²) in [6, 6.07) is 4.09. The van der Waals surface area contributed by atoms with Crippen LogP contribution in [0.5, 0.6) is 0 Å². The normalized spacial score (nSPS) is 17.2. The molecule has 2 rings (SSSR count). The highest BCUT2D eigenvalue weighted by Crippen LogP contribution is 2.14. The zero-order chi connectivity index (χ0) is 7.68. The fraction of sp³-hybridized carbons (Fsp3) is 0.375. The molecule has 0 amide bonds. The number of hydrogen-bond acceptors (Lipinski definition) is 2. The fourth-order valence-electron chi connectivity index (χ4n) is 1.32. The van der Waals surface area contributed by atoms with E-state index in [2.05, 4.69) is 28.5 Å². The first kappa shape index (κ1) is 6.61. The van der Waals surface area contributed by atoms with E-state index in [9.17, 15) is 0 Å². The smallest absolute Gasteiger partial charge is 0.205 e. The van der Waals surface area contributed by atoms with Crippen LogP contribution in [0.2, 0.25) is 0 Å². The molecule has 3 nitrogen and oxygen atoms in total. The molecule has 0 spiro atoms. The molecule has 0 bridgehead atoms. The second-order valence-electron chi connectivity index (χ2n) is 2.85. The summed E-state index contributed by atoms with van der Waals surface area (Å²) >= 11 is 0. The van der Waals surface area contributed by atoms with Crippen LogP contribution < -0.4 is 10.4 Å². The highest BCUT2D eigenvalue weighted by atomic mass is 15.5. The molecule has 1 aliphatic heterocycles. The van der Waals surface area contributed by atoms with Gasteiger partial charge in [0.25, 0.3) is 0 Å². The lowest BCUT2D eigenvalue weighted by atomic mass is 10.2. The molecule has 11 heavy (non-hydrogen) atoms. The lowest BCUT2D eigenvalue weighted by molar-refractivity contribution is -0.390. The predicted molar refractivity (Wildman–Crippen MR) is 43.0 cm³/mol. The molecule has 2 heterocycles. The van der Waals surface area contributed by atoms with Crippen molar-refractivity contribution in [3.05, 3.63) is 24.0 Å². The molecule has 0 radical (unpaired) electrons. The van der Waals surface area contributed by atoms with Gasteiger partial charge in [0.15, 0.2) is 6.20 Å². The quantitative estimate of drug-likeness (QED) is 0.577. The van der Waals surface area contributed by atoms with Crippen molar-refractivity contribution in [3.8, 4) is 0 Å². The number of nitrogens with one attached hydrogen (secondary N) is 2. The van der Waals surface area contributed by atoms with Gasteiger partial charge in [0, 0.05) is 26.1 Å². The first-order chi connectivity index (χ1) is 5.36. The van der Waals surface area contributed by atoms with Crippen LogP contribution in [0.25, 0.3) is 0 Å². The third-order valence-corrected chi connectivity index (χ3v) is 1.95. The van der Waals surface area contributed by atoms with E-state index in [1.54, 1.807) is 0 Å². The zero-order valence-electron chi connectivity index (χ0n) is 6.59. The molecule has 0 aromatic carbocycles. The van der Waals surface area contributed by atoms with Crippen molar-refractivity contribution in [2.75, 3.05) is 19.0 Å². The van der Waals surface area contributed by atoms with E-state index < -0.39 is 0 Å². The van der Waals surface area contributed by atoms with E-state index in [1.165, 1.54) is 11.4 Å². The number of H-pyrrole nitrogens is 1. The summed E-state index contributed by atoms with van der Waals surface area (Å²) < 4.78 is 0. The molecule has 0 unspecified atom stereocenters. The van der Waals surface area contributed by atoms with Gasteiger partial charge in [-0.05, 0) is 6.07 Å². The molecule has 1 aliphatic rings. The fourth-order valence-corrected chi connectivity index (χ4v) is 1.32. The molecule has 58 valence electrons. The topological polar surface area (TPSA) is 29.4 Å². The Morgan fingerprint density at radius 2 is 2.55 bits per heavy atom. The third kappa shape index (κ3) is 1.19. The minimum absolute atomic E-state index is 1.06. The van der Waals surface area contributed by atoms with Gasteiger partial charge >= 0.3 is 0 Å². The average molecular weight is 150 g/mol. The number of rotatable bonds is 0. The first-order valence-electron chi connectivity index (χ1n) is 3.83. The van der Waals surface area contributed by atoms with Crippen LogP contribution in [-0.2, 0) is 6.42 Å². The Morgan fingerprint density at radius 1 is 1.64 bits per heavy atom. The van der Waals surface area contributed by atoms with Gasteiger partial charge in [-0.1, -0.05) is 0 Å². The molecule has 0 aliphatic carbocycles. The van der Waals surface area contributed by atoms with Crippen molar-refractivity contribution < 1.29 is 4.98 Å². The molecule has 3 heteroatoms. The third-order valence-electron chi connectivity index (χ3n) is 1.95. The average Bonchev–Trinajstić information content (AvgIpc) is 2.04. The molecule has 2 N–H and O–H groups in total. The van der Waals surface area contributed by atoms with Crippen molar-refractivity contribution in [3.63, 3.8) is 0 Å². The number of aromatic amines is 1.